The average molecular weight is 346 g/mol. The highest BCUT2D eigenvalue weighted by Crippen LogP contribution is 2.48. The number of aliphatic hydroxyl groups excluding tert-OH is 1. The van der Waals surface area contributed by atoms with Crippen molar-refractivity contribution in [1.82, 2.24) is 0 Å². The summed E-state index contributed by atoms with van der Waals surface area (Å²) in [5, 5.41) is 28.8. The number of rotatable bonds is 6. The van der Waals surface area contributed by atoms with Crippen molar-refractivity contribution >= 4 is 5.57 Å². The second-order valence-corrected chi connectivity index (χ2v) is 6.95. The fourth-order valence-corrected chi connectivity index (χ4v) is 3.82. The van der Waals surface area contributed by atoms with Crippen LogP contribution in [0.15, 0.2) is 76.9 Å². The highest BCUT2D eigenvalue weighted by atomic mass is 16.3. The van der Waals surface area contributed by atoms with E-state index in [2.05, 4.69) is 6.08 Å². The first-order valence-corrected chi connectivity index (χ1v) is 9.00. The number of hydrogen-bond acceptors (Lipinski definition) is 3. The van der Waals surface area contributed by atoms with Crippen LogP contribution in [0.3, 0.4) is 0 Å². The first-order chi connectivity index (χ1) is 12.7. The first-order valence-electron chi connectivity index (χ1n) is 9.00. The molecule has 2 aromatic rings. The quantitative estimate of drug-likeness (QED) is 0.710. The van der Waals surface area contributed by atoms with E-state index in [1.807, 2.05) is 24.3 Å². The fraction of sp³-hybridized carbons (Fsp3) is 0.217. The van der Waals surface area contributed by atoms with Crippen LogP contribution in [0.4, 0.5) is 0 Å². The van der Waals surface area contributed by atoms with E-state index in [1.54, 1.807) is 24.3 Å². The van der Waals surface area contributed by atoms with Crippen molar-refractivity contribution in [1.29, 1.82) is 0 Å². The highest BCUT2D eigenvalue weighted by molar-refractivity contribution is 5.86. The molecule has 1 saturated carbocycles. The van der Waals surface area contributed by atoms with Gasteiger partial charge < -0.3 is 15.3 Å². The molecule has 2 bridgehead atoms. The maximum absolute atomic E-state index is 9.68. The SMILES string of the molecule is OCCCC(C1=C2CC(=C1)C2)=C(c1ccc(O)cc1)c1ccc(O)cc1. The van der Waals surface area contributed by atoms with Gasteiger partial charge in [-0.3, -0.25) is 0 Å². The molecule has 3 aliphatic rings. The summed E-state index contributed by atoms with van der Waals surface area (Å²) >= 11 is 0. The molecular formula is C23H22O3. The van der Waals surface area contributed by atoms with Gasteiger partial charge in [-0.1, -0.05) is 41.5 Å². The molecule has 0 aliphatic heterocycles. The Labute approximate surface area is 153 Å². The third kappa shape index (κ3) is 3.06. The lowest BCUT2D eigenvalue weighted by molar-refractivity contribution is 0.289. The Hall–Kier alpha value is -2.78. The predicted molar refractivity (Wildman–Crippen MR) is 103 cm³/mol. The minimum atomic E-state index is 0.154. The number of phenols is 2. The second-order valence-electron chi connectivity index (χ2n) is 6.95. The van der Waals surface area contributed by atoms with Crippen molar-refractivity contribution in [2.75, 3.05) is 6.61 Å². The molecular weight excluding hydrogens is 324 g/mol. The molecule has 0 unspecified atom stereocenters. The molecule has 132 valence electrons. The van der Waals surface area contributed by atoms with Crippen molar-refractivity contribution in [2.24, 2.45) is 0 Å². The van der Waals surface area contributed by atoms with E-state index >= 15 is 0 Å². The zero-order chi connectivity index (χ0) is 18.1. The summed E-state index contributed by atoms with van der Waals surface area (Å²) < 4.78 is 0. The van der Waals surface area contributed by atoms with Crippen molar-refractivity contribution in [3.63, 3.8) is 0 Å². The third-order valence-corrected chi connectivity index (χ3v) is 5.13. The summed E-state index contributed by atoms with van der Waals surface area (Å²) in [6.07, 6.45) is 5.95. The number of aliphatic hydroxyl groups is 1. The molecule has 2 aromatic carbocycles. The monoisotopic (exact) mass is 346 g/mol. The predicted octanol–water partition coefficient (Wildman–Crippen LogP) is 4.70. The molecule has 0 amide bonds. The van der Waals surface area contributed by atoms with Gasteiger partial charge >= 0.3 is 0 Å². The Morgan fingerprint density at radius 3 is 1.77 bits per heavy atom. The molecule has 0 radical (unpaired) electrons. The van der Waals surface area contributed by atoms with E-state index in [-0.39, 0.29) is 18.1 Å². The summed E-state index contributed by atoms with van der Waals surface area (Å²) in [6, 6.07) is 14.5. The number of hydrogen-bond donors (Lipinski definition) is 3. The zero-order valence-electron chi connectivity index (χ0n) is 14.6. The summed E-state index contributed by atoms with van der Waals surface area (Å²) in [4.78, 5) is 0. The number of aromatic hydroxyl groups is 2. The van der Waals surface area contributed by atoms with Crippen LogP contribution < -0.4 is 0 Å². The number of benzene rings is 2. The Bertz CT molecular complexity index is 855. The molecule has 0 spiro atoms. The number of phenolic OH excluding ortho intramolecular Hbond substituents is 2. The van der Waals surface area contributed by atoms with E-state index in [0.29, 0.717) is 6.42 Å². The second kappa shape index (κ2) is 6.85. The van der Waals surface area contributed by atoms with Gasteiger partial charge in [0.05, 0.1) is 0 Å². The summed E-state index contributed by atoms with van der Waals surface area (Å²) in [5.41, 5.74) is 8.65. The summed E-state index contributed by atoms with van der Waals surface area (Å²) in [6.45, 7) is 0.154. The van der Waals surface area contributed by atoms with Gasteiger partial charge in [0, 0.05) is 6.61 Å². The Morgan fingerprint density at radius 2 is 1.35 bits per heavy atom. The lowest BCUT2D eigenvalue weighted by Gasteiger charge is -2.20. The van der Waals surface area contributed by atoms with Gasteiger partial charge in [-0.05, 0) is 77.8 Å². The Balaban J connectivity index is 1.92. The molecule has 0 saturated heterocycles. The molecule has 0 heterocycles. The van der Waals surface area contributed by atoms with Crippen LogP contribution >= 0.6 is 0 Å². The standard InChI is InChI=1S/C23H22O3/c24-11-1-2-21(22-14-15-12-18(22)13-15)23(16-3-7-19(25)8-4-16)17-5-9-20(26)10-6-17/h3-10,14,24-26H,1-2,11-13H2. The Kier molecular flexibility index (Phi) is 4.39. The van der Waals surface area contributed by atoms with E-state index in [0.717, 1.165) is 36.0 Å². The van der Waals surface area contributed by atoms with E-state index in [9.17, 15) is 15.3 Å². The fourth-order valence-electron chi connectivity index (χ4n) is 3.82. The van der Waals surface area contributed by atoms with Gasteiger partial charge in [-0.2, -0.15) is 0 Å². The van der Waals surface area contributed by atoms with Crippen LogP contribution in [-0.2, 0) is 0 Å². The molecule has 3 heteroatoms. The minimum absolute atomic E-state index is 0.154. The largest absolute Gasteiger partial charge is 0.508 e. The number of allylic oxidation sites excluding steroid dienone is 5. The zero-order valence-corrected chi connectivity index (χ0v) is 14.6. The average Bonchev–Trinajstić information content (AvgIpc) is 3.21. The molecule has 0 atom stereocenters. The molecule has 0 aromatic heterocycles. The molecule has 1 fully saturated rings. The molecule has 5 rings (SSSR count). The normalized spacial score (nSPS) is 14.9. The highest BCUT2D eigenvalue weighted by Gasteiger charge is 2.29. The van der Waals surface area contributed by atoms with Gasteiger partial charge in [-0.15, -0.1) is 0 Å². The lowest BCUT2D eigenvalue weighted by atomic mass is 9.85. The molecule has 26 heavy (non-hydrogen) atoms. The van der Waals surface area contributed by atoms with Crippen LogP contribution in [0.5, 0.6) is 11.5 Å². The van der Waals surface area contributed by atoms with Gasteiger partial charge in [-0.25, -0.2) is 0 Å². The van der Waals surface area contributed by atoms with Crippen molar-refractivity contribution in [3.8, 4) is 11.5 Å². The molecule has 3 aliphatic carbocycles. The minimum Gasteiger partial charge on any atom is -0.508 e. The number of fused-ring (bicyclic) bond motifs is 1. The summed E-state index contributed by atoms with van der Waals surface area (Å²) in [5.74, 6) is 0.478. The smallest absolute Gasteiger partial charge is 0.115 e. The van der Waals surface area contributed by atoms with Crippen LogP contribution in [0.1, 0.15) is 36.8 Å². The van der Waals surface area contributed by atoms with Crippen LogP contribution in [0.25, 0.3) is 5.57 Å². The molecule has 3 nitrogen and oxygen atoms in total. The maximum atomic E-state index is 9.68. The topological polar surface area (TPSA) is 60.7 Å². The molecule has 3 N–H and O–H groups in total. The van der Waals surface area contributed by atoms with Gasteiger partial charge in [0.1, 0.15) is 11.5 Å². The maximum Gasteiger partial charge on any atom is 0.115 e. The van der Waals surface area contributed by atoms with Gasteiger partial charge in [0.25, 0.3) is 0 Å². The van der Waals surface area contributed by atoms with E-state index in [1.165, 1.54) is 22.3 Å². The van der Waals surface area contributed by atoms with E-state index < -0.39 is 0 Å². The van der Waals surface area contributed by atoms with Crippen molar-refractivity contribution in [2.45, 2.75) is 25.7 Å². The third-order valence-electron chi connectivity index (χ3n) is 5.13. The van der Waals surface area contributed by atoms with Crippen LogP contribution in [-0.4, -0.2) is 21.9 Å². The lowest BCUT2D eigenvalue weighted by Crippen LogP contribution is -2.01. The van der Waals surface area contributed by atoms with Gasteiger partial charge in [0.15, 0.2) is 0 Å². The van der Waals surface area contributed by atoms with Gasteiger partial charge in [0.2, 0.25) is 0 Å². The Morgan fingerprint density at radius 1 is 0.808 bits per heavy atom. The summed E-state index contributed by atoms with van der Waals surface area (Å²) in [7, 11) is 0. The van der Waals surface area contributed by atoms with Crippen molar-refractivity contribution < 1.29 is 15.3 Å². The van der Waals surface area contributed by atoms with Crippen molar-refractivity contribution in [3.05, 3.63) is 88.0 Å². The van der Waals surface area contributed by atoms with E-state index in [4.69, 9.17) is 0 Å². The van der Waals surface area contributed by atoms with Crippen LogP contribution in [0.2, 0.25) is 0 Å². The van der Waals surface area contributed by atoms with Crippen LogP contribution in [0, 0.1) is 0 Å². The first kappa shape index (κ1) is 16.7.